The van der Waals surface area contributed by atoms with Crippen LogP contribution in [0.25, 0.3) is 109 Å². The summed E-state index contributed by atoms with van der Waals surface area (Å²) in [6.07, 6.45) is 0. The van der Waals surface area contributed by atoms with Crippen molar-refractivity contribution in [2.75, 3.05) is 4.90 Å². The van der Waals surface area contributed by atoms with Crippen LogP contribution in [0.2, 0.25) is 0 Å². The van der Waals surface area contributed by atoms with E-state index in [9.17, 15) is 0 Å². The first-order valence-corrected chi connectivity index (χ1v) is 20.8. The van der Waals surface area contributed by atoms with E-state index in [0.717, 1.165) is 93.3 Å². The summed E-state index contributed by atoms with van der Waals surface area (Å²) in [5.74, 6) is 0. The normalized spacial score (nSPS) is 11.9. The fraction of sp³-hybridized carbons (Fsp3) is 0. The van der Waals surface area contributed by atoms with Crippen LogP contribution in [0.4, 0.5) is 17.1 Å². The minimum atomic E-state index is 0.908. The summed E-state index contributed by atoms with van der Waals surface area (Å²) in [6, 6.07) is 76.4. The van der Waals surface area contributed by atoms with Crippen LogP contribution in [0.15, 0.2) is 221 Å². The van der Waals surface area contributed by atoms with Crippen LogP contribution in [-0.4, -0.2) is 0 Å². The number of nitrogens with zero attached hydrogens (tertiary/aromatic N) is 1. The van der Waals surface area contributed by atoms with Gasteiger partial charge < -0.3 is 13.7 Å². The molecule has 3 nitrogen and oxygen atoms in total. The van der Waals surface area contributed by atoms with Crippen molar-refractivity contribution in [3.8, 4) is 22.3 Å². The number of rotatable bonds is 5. The van der Waals surface area contributed by atoms with Gasteiger partial charge in [-0.25, -0.2) is 0 Å². The second-order valence-corrected chi connectivity index (χ2v) is 16.0. The zero-order valence-electron chi connectivity index (χ0n) is 33.0. The lowest BCUT2D eigenvalue weighted by molar-refractivity contribution is 0.672. The molecule has 0 N–H and O–H groups in total. The first-order chi connectivity index (χ1) is 30.2. The molecule has 11 aromatic carbocycles. The van der Waals surface area contributed by atoms with E-state index >= 15 is 0 Å². The molecule has 2 aromatic heterocycles. The van der Waals surface area contributed by atoms with E-state index < -0.39 is 0 Å². The monoisotopic (exact) mass is 777 g/mol. The van der Waals surface area contributed by atoms with Crippen molar-refractivity contribution in [2.24, 2.45) is 0 Å². The van der Waals surface area contributed by atoms with Crippen LogP contribution >= 0.6 is 0 Å². The Labute approximate surface area is 350 Å². The van der Waals surface area contributed by atoms with Crippen molar-refractivity contribution in [1.82, 2.24) is 0 Å². The van der Waals surface area contributed by atoms with Gasteiger partial charge in [0.1, 0.15) is 22.3 Å². The number of furan rings is 2. The molecule has 61 heavy (non-hydrogen) atoms. The molecule has 0 unspecified atom stereocenters. The molecule has 13 rings (SSSR count). The average molecular weight is 778 g/mol. The van der Waals surface area contributed by atoms with Crippen LogP contribution < -0.4 is 4.90 Å². The van der Waals surface area contributed by atoms with Crippen LogP contribution in [0.1, 0.15) is 0 Å². The molecule has 0 fully saturated rings. The fourth-order valence-electron chi connectivity index (χ4n) is 9.65. The molecule has 0 bridgehead atoms. The summed E-state index contributed by atoms with van der Waals surface area (Å²) < 4.78 is 13.1. The molecule has 0 spiro atoms. The molecule has 284 valence electrons. The summed E-state index contributed by atoms with van der Waals surface area (Å²) in [7, 11) is 0. The first kappa shape index (κ1) is 33.8. The van der Waals surface area contributed by atoms with Gasteiger partial charge in [-0.3, -0.25) is 0 Å². The van der Waals surface area contributed by atoms with Crippen LogP contribution in [0, 0.1) is 0 Å². The minimum Gasteiger partial charge on any atom is -0.455 e. The molecule has 0 saturated carbocycles. The summed E-state index contributed by atoms with van der Waals surface area (Å²) in [4.78, 5) is 2.37. The van der Waals surface area contributed by atoms with Crippen molar-refractivity contribution in [2.45, 2.75) is 0 Å². The predicted octanol–water partition coefficient (Wildman–Crippen LogP) is 16.9. The van der Waals surface area contributed by atoms with Crippen LogP contribution in [0.3, 0.4) is 0 Å². The Hall–Kier alpha value is -8.14. The zero-order chi connectivity index (χ0) is 40.0. The third-order valence-corrected chi connectivity index (χ3v) is 12.6. The van der Waals surface area contributed by atoms with Gasteiger partial charge in [0.25, 0.3) is 0 Å². The molecule has 0 aliphatic rings. The molecule has 0 amide bonds. The van der Waals surface area contributed by atoms with Gasteiger partial charge in [0, 0.05) is 49.4 Å². The van der Waals surface area contributed by atoms with E-state index in [-0.39, 0.29) is 0 Å². The maximum Gasteiger partial charge on any atom is 0.143 e. The zero-order valence-corrected chi connectivity index (χ0v) is 33.0. The lowest BCUT2D eigenvalue weighted by Crippen LogP contribution is -2.10. The summed E-state index contributed by atoms with van der Waals surface area (Å²) in [5, 5.41) is 13.8. The molecule has 13 aromatic rings. The SMILES string of the molecule is c1ccc(-c2ccc(-c3ccc(N(c4ccc5c(ccc6ccc7c8ccccc8oc7c65)c4)c4ccc5c(ccc6ccc7c8ccccc8oc7c65)c4)cc3)cc2)cc1. The topological polar surface area (TPSA) is 29.5 Å². The van der Waals surface area contributed by atoms with Gasteiger partial charge >= 0.3 is 0 Å². The van der Waals surface area contributed by atoms with Crippen LogP contribution in [-0.2, 0) is 0 Å². The summed E-state index contributed by atoms with van der Waals surface area (Å²) >= 11 is 0. The molecule has 0 aliphatic heterocycles. The second-order valence-electron chi connectivity index (χ2n) is 16.0. The van der Waals surface area contributed by atoms with Crippen molar-refractivity contribution in [3.05, 3.63) is 212 Å². The van der Waals surface area contributed by atoms with Crippen molar-refractivity contribution in [1.29, 1.82) is 0 Å². The second kappa shape index (κ2) is 13.2. The lowest BCUT2D eigenvalue weighted by atomic mass is 9.97. The van der Waals surface area contributed by atoms with E-state index in [1.807, 2.05) is 12.1 Å². The molecule has 0 radical (unpaired) electrons. The van der Waals surface area contributed by atoms with Gasteiger partial charge in [0.15, 0.2) is 0 Å². The van der Waals surface area contributed by atoms with Gasteiger partial charge in [-0.05, 0) is 115 Å². The van der Waals surface area contributed by atoms with Gasteiger partial charge in [0.2, 0.25) is 0 Å². The number of benzene rings is 11. The van der Waals surface area contributed by atoms with Gasteiger partial charge in [-0.15, -0.1) is 0 Å². The van der Waals surface area contributed by atoms with Crippen molar-refractivity contribution < 1.29 is 8.83 Å². The van der Waals surface area contributed by atoms with Crippen LogP contribution in [0.5, 0.6) is 0 Å². The largest absolute Gasteiger partial charge is 0.455 e. The van der Waals surface area contributed by atoms with E-state index in [1.54, 1.807) is 0 Å². The number of anilines is 3. The fourth-order valence-corrected chi connectivity index (χ4v) is 9.65. The van der Waals surface area contributed by atoms with E-state index in [0.29, 0.717) is 0 Å². The third-order valence-electron chi connectivity index (χ3n) is 12.6. The minimum absolute atomic E-state index is 0.908. The standard InChI is InChI=1S/C58H35NO2/c1-2-8-36(9-3-1)37-14-16-38(17-15-37)39-22-26-44(27-23-39)59(45-28-32-47-42(34-45)20-18-40-24-30-51-49-10-4-6-12-53(49)60-57(51)55(40)47)46-29-33-48-43(35-46)21-19-41-25-31-52-50-11-5-7-13-54(50)61-58(52)56(41)48/h1-35H. The van der Waals surface area contributed by atoms with E-state index in [4.69, 9.17) is 8.83 Å². The van der Waals surface area contributed by atoms with E-state index in [2.05, 4.69) is 205 Å². The Morgan fingerprint density at radius 1 is 0.262 bits per heavy atom. The predicted molar refractivity (Wildman–Crippen MR) is 257 cm³/mol. The Morgan fingerprint density at radius 3 is 1.15 bits per heavy atom. The highest BCUT2D eigenvalue weighted by Crippen LogP contribution is 2.44. The maximum atomic E-state index is 6.56. The molecule has 0 saturated heterocycles. The highest BCUT2D eigenvalue weighted by Gasteiger charge is 2.19. The van der Waals surface area contributed by atoms with Gasteiger partial charge in [-0.2, -0.15) is 0 Å². The Kier molecular flexibility index (Phi) is 7.31. The molecule has 2 heterocycles. The number of hydrogen-bond acceptors (Lipinski definition) is 3. The molecule has 3 heteroatoms. The average Bonchev–Trinajstić information content (AvgIpc) is 3.91. The quantitative estimate of drug-likeness (QED) is 0.163. The Morgan fingerprint density at radius 2 is 0.639 bits per heavy atom. The lowest BCUT2D eigenvalue weighted by Gasteiger charge is -2.26. The molecule has 0 aliphatic carbocycles. The highest BCUT2D eigenvalue weighted by molar-refractivity contribution is 6.24. The van der Waals surface area contributed by atoms with Gasteiger partial charge in [0.05, 0.1) is 0 Å². The third kappa shape index (κ3) is 5.31. The Balaban J connectivity index is 0.973. The maximum absolute atomic E-state index is 6.56. The smallest absolute Gasteiger partial charge is 0.143 e. The van der Waals surface area contributed by atoms with Crippen molar-refractivity contribution in [3.63, 3.8) is 0 Å². The molecular weight excluding hydrogens is 743 g/mol. The number of fused-ring (bicyclic) bond motifs is 14. The summed E-state index contributed by atoms with van der Waals surface area (Å²) in [6.45, 7) is 0. The highest BCUT2D eigenvalue weighted by atomic mass is 16.3. The number of para-hydroxylation sites is 2. The molecule has 0 atom stereocenters. The Bertz CT molecular complexity index is 3670. The van der Waals surface area contributed by atoms with Gasteiger partial charge in [-0.1, -0.05) is 152 Å². The summed E-state index contributed by atoms with van der Waals surface area (Å²) in [5.41, 5.74) is 11.7. The van der Waals surface area contributed by atoms with Crippen molar-refractivity contribution >= 4 is 104 Å². The number of hydrogen-bond donors (Lipinski definition) is 0. The molecular formula is C58H35NO2. The first-order valence-electron chi connectivity index (χ1n) is 20.8. The van der Waals surface area contributed by atoms with E-state index in [1.165, 1.54) is 33.0 Å².